The normalized spacial score (nSPS) is 17.8. The first-order valence-electron chi connectivity index (χ1n) is 12.1. The first-order chi connectivity index (χ1) is 16.7. The predicted molar refractivity (Wildman–Crippen MR) is 134 cm³/mol. The highest BCUT2D eigenvalue weighted by Gasteiger charge is 2.48. The van der Waals surface area contributed by atoms with Crippen molar-refractivity contribution in [3.8, 4) is 0 Å². The summed E-state index contributed by atoms with van der Waals surface area (Å²) < 4.78 is 7.55. The molecule has 2 atom stereocenters. The molecule has 1 aliphatic rings. The van der Waals surface area contributed by atoms with Gasteiger partial charge in [-0.05, 0) is 41.8 Å². The molecule has 4 aromatic rings. The molecular formula is C28H29N3O3. The smallest absolute Gasteiger partial charge is 0.321 e. The molecule has 34 heavy (non-hydrogen) atoms. The summed E-state index contributed by atoms with van der Waals surface area (Å²) in [5.74, 6) is -1.12. The monoisotopic (exact) mass is 455 g/mol. The number of imidazole rings is 1. The van der Waals surface area contributed by atoms with Gasteiger partial charge in [0.2, 0.25) is 11.9 Å². The van der Waals surface area contributed by atoms with E-state index in [9.17, 15) is 9.59 Å². The number of aromatic nitrogens is 2. The summed E-state index contributed by atoms with van der Waals surface area (Å²) in [6.45, 7) is 4.65. The van der Waals surface area contributed by atoms with Crippen LogP contribution in [0.4, 0.5) is 5.95 Å². The Hall–Kier alpha value is -3.67. The van der Waals surface area contributed by atoms with E-state index >= 15 is 0 Å². The second-order valence-corrected chi connectivity index (χ2v) is 8.71. The first kappa shape index (κ1) is 22.1. The third-order valence-electron chi connectivity index (χ3n) is 6.61. The molecule has 0 saturated heterocycles. The topological polar surface area (TPSA) is 64.4 Å². The molecule has 5 rings (SSSR count). The van der Waals surface area contributed by atoms with E-state index in [-0.39, 0.29) is 12.5 Å². The molecule has 6 nitrogen and oxygen atoms in total. The average molecular weight is 456 g/mol. The number of carbonyl (C=O) groups is 2. The molecule has 0 saturated carbocycles. The Morgan fingerprint density at radius 3 is 2.56 bits per heavy atom. The number of hydrogen-bond donors (Lipinski definition) is 0. The molecule has 3 aromatic carbocycles. The Bertz CT molecular complexity index is 1350. The van der Waals surface area contributed by atoms with Crippen molar-refractivity contribution in [3.05, 3.63) is 72.3 Å². The second-order valence-electron chi connectivity index (χ2n) is 8.71. The van der Waals surface area contributed by atoms with Gasteiger partial charge in [-0.3, -0.25) is 14.5 Å². The molecule has 6 heteroatoms. The maximum Gasteiger partial charge on any atom is 0.321 e. The van der Waals surface area contributed by atoms with Gasteiger partial charge in [0.25, 0.3) is 0 Å². The summed E-state index contributed by atoms with van der Waals surface area (Å²) in [7, 11) is 0. The molecule has 0 fully saturated rings. The fraction of sp³-hybridized carbons (Fsp3) is 0.321. The van der Waals surface area contributed by atoms with Gasteiger partial charge < -0.3 is 9.30 Å². The van der Waals surface area contributed by atoms with E-state index in [0.29, 0.717) is 12.5 Å². The van der Waals surface area contributed by atoms with Crippen LogP contribution in [0, 0.1) is 5.92 Å². The van der Waals surface area contributed by atoms with Gasteiger partial charge in [0.05, 0.1) is 23.7 Å². The van der Waals surface area contributed by atoms with E-state index in [2.05, 4.69) is 11.5 Å². The Balaban J connectivity index is 1.79. The van der Waals surface area contributed by atoms with Gasteiger partial charge in [-0.15, -0.1) is 0 Å². The molecule has 174 valence electrons. The largest absolute Gasteiger partial charge is 0.465 e. The standard InChI is InChI=1S/C28H29N3O3/c1-3-5-10-18-30-26(32)24(27(33)34-4-2)25(21-15-11-13-19-12-6-7-14-20(19)21)31-23-17-9-8-16-22(23)29-28(30)31/h6-9,11-17,24-25H,3-5,10,18H2,1-2H3/t24-,25+/m1/s1. The van der Waals surface area contributed by atoms with Crippen LogP contribution in [-0.4, -0.2) is 34.6 Å². The van der Waals surface area contributed by atoms with Crippen LogP contribution < -0.4 is 4.90 Å². The number of ether oxygens (including phenoxy) is 1. The Labute approximate surface area is 199 Å². The van der Waals surface area contributed by atoms with E-state index in [1.807, 2.05) is 66.7 Å². The van der Waals surface area contributed by atoms with Crippen LogP contribution in [0.2, 0.25) is 0 Å². The number of esters is 1. The number of anilines is 1. The summed E-state index contributed by atoms with van der Waals surface area (Å²) in [5, 5.41) is 2.08. The van der Waals surface area contributed by atoms with Crippen LogP contribution in [0.25, 0.3) is 21.8 Å². The minimum atomic E-state index is -0.988. The maximum atomic E-state index is 14.0. The van der Waals surface area contributed by atoms with E-state index < -0.39 is 17.9 Å². The number of fused-ring (bicyclic) bond motifs is 4. The van der Waals surface area contributed by atoms with Crippen molar-refractivity contribution in [2.24, 2.45) is 5.92 Å². The zero-order valence-corrected chi connectivity index (χ0v) is 19.6. The van der Waals surface area contributed by atoms with Crippen molar-refractivity contribution in [2.75, 3.05) is 18.1 Å². The predicted octanol–water partition coefficient (Wildman–Crippen LogP) is 5.50. The maximum absolute atomic E-state index is 14.0. The lowest BCUT2D eigenvalue weighted by Gasteiger charge is -2.38. The lowest BCUT2D eigenvalue weighted by Crippen LogP contribution is -2.50. The molecular weight excluding hydrogens is 426 g/mol. The molecule has 1 aliphatic heterocycles. The average Bonchev–Trinajstić information content (AvgIpc) is 3.24. The van der Waals surface area contributed by atoms with Crippen molar-refractivity contribution < 1.29 is 14.3 Å². The molecule has 2 heterocycles. The van der Waals surface area contributed by atoms with Crippen molar-refractivity contribution in [2.45, 2.75) is 39.2 Å². The summed E-state index contributed by atoms with van der Waals surface area (Å²) in [4.78, 5) is 33.9. The third kappa shape index (κ3) is 3.63. The number of nitrogens with zero attached hydrogens (tertiary/aromatic N) is 3. The molecule has 0 radical (unpaired) electrons. The highest BCUT2D eigenvalue weighted by Crippen LogP contribution is 2.43. The fourth-order valence-corrected chi connectivity index (χ4v) is 5.07. The number of para-hydroxylation sites is 2. The molecule has 0 bridgehead atoms. The quantitative estimate of drug-likeness (QED) is 0.210. The van der Waals surface area contributed by atoms with Crippen LogP contribution >= 0.6 is 0 Å². The first-order valence-corrected chi connectivity index (χ1v) is 12.1. The van der Waals surface area contributed by atoms with Gasteiger partial charge >= 0.3 is 5.97 Å². The highest BCUT2D eigenvalue weighted by atomic mass is 16.5. The number of carbonyl (C=O) groups excluding carboxylic acids is 2. The van der Waals surface area contributed by atoms with Gasteiger partial charge in [0, 0.05) is 6.54 Å². The van der Waals surface area contributed by atoms with Gasteiger partial charge in [-0.1, -0.05) is 74.4 Å². The Kier molecular flexibility index (Phi) is 6.05. The lowest BCUT2D eigenvalue weighted by molar-refractivity contribution is -0.153. The van der Waals surface area contributed by atoms with Crippen LogP contribution in [-0.2, 0) is 14.3 Å². The summed E-state index contributed by atoms with van der Waals surface area (Å²) >= 11 is 0. The molecule has 0 N–H and O–H groups in total. The second kappa shape index (κ2) is 9.29. The third-order valence-corrected chi connectivity index (χ3v) is 6.61. The van der Waals surface area contributed by atoms with Gasteiger partial charge in [-0.25, -0.2) is 4.98 Å². The van der Waals surface area contributed by atoms with Crippen LogP contribution in [0.3, 0.4) is 0 Å². The zero-order valence-electron chi connectivity index (χ0n) is 19.6. The van der Waals surface area contributed by atoms with E-state index in [1.165, 1.54) is 0 Å². The zero-order chi connectivity index (χ0) is 23.7. The van der Waals surface area contributed by atoms with E-state index in [0.717, 1.165) is 46.6 Å². The van der Waals surface area contributed by atoms with Gasteiger partial charge in [0.15, 0.2) is 5.92 Å². The van der Waals surface area contributed by atoms with Crippen molar-refractivity contribution in [3.63, 3.8) is 0 Å². The van der Waals surface area contributed by atoms with E-state index in [1.54, 1.807) is 11.8 Å². The van der Waals surface area contributed by atoms with Crippen molar-refractivity contribution >= 4 is 39.6 Å². The minimum absolute atomic E-state index is 0.220. The molecule has 1 amide bonds. The number of benzene rings is 3. The molecule has 1 aromatic heterocycles. The summed E-state index contributed by atoms with van der Waals surface area (Å²) in [6.07, 6.45) is 2.89. The Morgan fingerprint density at radius 2 is 1.74 bits per heavy atom. The Morgan fingerprint density at radius 1 is 0.971 bits per heavy atom. The number of hydrogen-bond acceptors (Lipinski definition) is 4. The van der Waals surface area contributed by atoms with Crippen molar-refractivity contribution in [1.29, 1.82) is 0 Å². The van der Waals surface area contributed by atoms with E-state index in [4.69, 9.17) is 9.72 Å². The van der Waals surface area contributed by atoms with Crippen LogP contribution in [0.5, 0.6) is 0 Å². The van der Waals surface area contributed by atoms with Crippen molar-refractivity contribution in [1.82, 2.24) is 9.55 Å². The molecule has 0 aliphatic carbocycles. The lowest BCUT2D eigenvalue weighted by atomic mass is 9.86. The summed E-state index contributed by atoms with van der Waals surface area (Å²) in [6, 6.07) is 21.4. The number of unbranched alkanes of at least 4 members (excludes halogenated alkanes) is 2. The number of amides is 1. The highest BCUT2D eigenvalue weighted by molar-refractivity contribution is 6.09. The minimum Gasteiger partial charge on any atom is -0.465 e. The SMILES string of the molecule is CCCCCN1C(=O)[C@H](C(=O)OCC)[C@H](c2cccc3ccccc23)n2c1nc1ccccc12. The number of rotatable bonds is 7. The van der Waals surface area contributed by atoms with Gasteiger partial charge in [-0.2, -0.15) is 0 Å². The fourth-order valence-electron chi connectivity index (χ4n) is 5.07. The van der Waals surface area contributed by atoms with Crippen LogP contribution in [0.15, 0.2) is 66.7 Å². The van der Waals surface area contributed by atoms with Gasteiger partial charge in [0.1, 0.15) is 0 Å². The van der Waals surface area contributed by atoms with Crippen LogP contribution in [0.1, 0.15) is 44.7 Å². The molecule has 0 spiro atoms. The molecule has 0 unspecified atom stereocenters. The summed E-state index contributed by atoms with van der Waals surface area (Å²) in [5.41, 5.74) is 2.63.